The van der Waals surface area contributed by atoms with Crippen molar-refractivity contribution in [3.05, 3.63) is 16.0 Å². The van der Waals surface area contributed by atoms with Crippen LogP contribution in [0.2, 0.25) is 0 Å². The molecular weight excluding hydrogens is 246 g/mol. The Bertz CT molecular complexity index is 537. The van der Waals surface area contributed by atoms with E-state index in [1.807, 2.05) is 0 Å². The molecule has 0 saturated heterocycles. The summed E-state index contributed by atoms with van der Waals surface area (Å²) in [4.78, 5) is 11.8. The van der Waals surface area contributed by atoms with E-state index in [0.29, 0.717) is 17.0 Å². The molecule has 5 heteroatoms. The molecule has 2 rings (SSSR count). The number of hydrogen-bond donors (Lipinski definition) is 2. The smallest absolute Gasteiger partial charge is 0.212 e. The summed E-state index contributed by atoms with van der Waals surface area (Å²) in [6.45, 7) is 8.47. The highest BCUT2D eigenvalue weighted by Crippen LogP contribution is 2.44. The summed E-state index contributed by atoms with van der Waals surface area (Å²) in [5.41, 5.74) is 1.45. The van der Waals surface area contributed by atoms with Crippen molar-refractivity contribution in [3.8, 4) is 6.07 Å². The zero-order valence-electron chi connectivity index (χ0n) is 11.0. The van der Waals surface area contributed by atoms with Crippen LogP contribution in [0.3, 0.4) is 0 Å². The summed E-state index contributed by atoms with van der Waals surface area (Å²) in [6.07, 6.45) is 1.43. The lowest BCUT2D eigenvalue weighted by Crippen LogP contribution is -2.54. The van der Waals surface area contributed by atoms with E-state index in [1.54, 1.807) is 0 Å². The van der Waals surface area contributed by atoms with Crippen molar-refractivity contribution >= 4 is 22.7 Å². The largest absolute Gasteiger partial charge is 0.319 e. The summed E-state index contributed by atoms with van der Waals surface area (Å²) in [5.74, 6) is 0. The maximum absolute atomic E-state index is 10.6. The second kappa shape index (κ2) is 4.08. The number of fused-ring (bicyclic) bond motifs is 1. The summed E-state index contributed by atoms with van der Waals surface area (Å²) in [7, 11) is 0. The Morgan fingerprint density at radius 1 is 1.44 bits per heavy atom. The fraction of sp³-hybridized carbons (Fsp3) is 0.538. The van der Waals surface area contributed by atoms with E-state index in [1.165, 1.54) is 11.3 Å². The third-order valence-corrected chi connectivity index (χ3v) is 4.63. The van der Waals surface area contributed by atoms with Gasteiger partial charge in [0.1, 0.15) is 11.1 Å². The van der Waals surface area contributed by atoms with Gasteiger partial charge in [0.15, 0.2) is 0 Å². The highest BCUT2D eigenvalue weighted by atomic mass is 32.1. The molecule has 0 bridgehead atoms. The van der Waals surface area contributed by atoms with E-state index in [2.05, 4.69) is 44.4 Å². The Balaban J connectivity index is 2.63. The third-order valence-electron chi connectivity index (χ3n) is 3.15. The van der Waals surface area contributed by atoms with E-state index in [4.69, 9.17) is 0 Å². The lowest BCUT2D eigenvalue weighted by Gasteiger charge is -2.42. The molecule has 0 unspecified atom stereocenters. The third kappa shape index (κ3) is 2.02. The van der Waals surface area contributed by atoms with Gasteiger partial charge >= 0.3 is 0 Å². The van der Waals surface area contributed by atoms with Crippen LogP contribution in [0.25, 0.3) is 0 Å². The molecule has 1 amide bonds. The van der Waals surface area contributed by atoms with Crippen molar-refractivity contribution in [2.24, 2.45) is 0 Å². The Labute approximate surface area is 111 Å². The maximum atomic E-state index is 10.6. The maximum Gasteiger partial charge on any atom is 0.212 e. The van der Waals surface area contributed by atoms with E-state index >= 15 is 0 Å². The number of hydrogen-bond acceptors (Lipinski definition) is 4. The summed E-state index contributed by atoms with van der Waals surface area (Å²) in [5, 5.41) is 16.2. The first-order chi connectivity index (χ1) is 8.30. The quantitative estimate of drug-likeness (QED) is 0.805. The molecule has 0 spiro atoms. The van der Waals surface area contributed by atoms with Crippen LogP contribution in [0.1, 0.15) is 43.7 Å². The lowest BCUT2D eigenvalue weighted by molar-refractivity contribution is -0.105. The standard InChI is InChI=1S/C13H17N3OS/c1-12(2)5-8-9(6-14)11(15-7-17)18-10(8)13(3,4)16-12/h7,16H,5H2,1-4H3,(H,15,17). The first kappa shape index (κ1) is 13.1. The van der Waals surface area contributed by atoms with Gasteiger partial charge in [-0.15, -0.1) is 11.3 Å². The van der Waals surface area contributed by atoms with Crippen molar-refractivity contribution in [2.75, 3.05) is 5.32 Å². The molecule has 2 heterocycles. The van der Waals surface area contributed by atoms with Crippen molar-refractivity contribution in [1.29, 1.82) is 5.26 Å². The van der Waals surface area contributed by atoms with Crippen LogP contribution in [-0.2, 0) is 16.8 Å². The van der Waals surface area contributed by atoms with Crippen molar-refractivity contribution in [3.63, 3.8) is 0 Å². The Morgan fingerprint density at radius 3 is 2.67 bits per heavy atom. The van der Waals surface area contributed by atoms with E-state index < -0.39 is 0 Å². The SMILES string of the molecule is CC1(C)Cc2c(sc(NC=O)c2C#N)C(C)(C)N1. The number of anilines is 1. The first-order valence-electron chi connectivity index (χ1n) is 5.86. The van der Waals surface area contributed by atoms with E-state index in [0.717, 1.165) is 16.9 Å². The van der Waals surface area contributed by atoms with Gasteiger partial charge in [-0.3, -0.25) is 4.79 Å². The Kier molecular flexibility index (Phi) is 2.96. The molecule has 0 radical (unpaired) electrons. The van der Waals surface area contributed by atoms with Gasteiger partial charge in [0, 0.05) is 16.0 Å². The molecule has 1 aromatic heterocycles. The number of nitrogens with zero attached hydrogens (tertiary/aromatic N) is 1. The monoisotopic (exact) mass is 263 g/mol. The van der Waals surface area contributed by atoms with Gasteiger partial charge in [-0.2, -0.15) is 5.26 Å². The zero-order valence-corrected chi connectivity index (χ0v) is 11.9. The number of carbonyl (C=O) groups is 1. The number of thiophene rings is 1. The van der Waals surface area contributed by atoms with Crippen LogP contribution in [-0.4, -0.2) is 11.9 Å². The zero-order chi connectivity index (χ0) is 13.6. The van der Waals surface area contributed by atoms with E-state index in [9.17, 15) is 10.1 Å². The molecule has 4 nitrogen and oxygen atoms in total. The number of nitrogens with one attached hydrogen (secondary N) is 2. The lowest BCUT2D eigenvalue weighted by atomic mass is 9.81. The molecule has 96 valence electrons. The van der Waals surface area contributed by atoms with Gasteiger partial charge in [-0.05, 0) is 39.7 Å². The van der Waals surface area contributed by atoms with Crippen molar-refractivity contribution < 1.29 is 4.79 Å². The molecule has 1 aliphatic heterocycles. The molecule has 0 atom stereocenters. The summed E-state index contributed by atoms with van der Waals surface area (Å²) < 4.78 is 0. The molecule has 0 fully saturated rings. The Hall–Kier alpha value is -1.38. The molecule has 1 aromatic rings. The first-order valence-corrected chi connectivity index (χ1v) is 6.68. The van der Waals surface area contributed by atoms with Gasteiger partial charge in [-0.25, -0.2) is 0 Å². The second-order valence-corrected chi connectivity index (χ2v) is 6.82. The van der Waals surface area contributed by atoms with Gasteiger partial charge < -0.3 is 10.6 Å². The van der Waals surface area contributed by atoms with Crippen molar-refractivity contribution in [1.82, 2.24) is 5.32 Å². The molecule has 0 aliphatic carbocycles. The fourth-order valence-corrected chi connectivity index (χ4v) is 3.99. The van der Waals surface area contributed by atoms with Crippen LogP contribution in [0.15, 0.2) is 0 Å². The molecule has 2 N–H and O–H groups in total. The number of amides is 1. The number of nitriles is 1. The summed E-state index contributed by atoms with van der Waals surface area (Å²) in [6, 6.07) is 2.23. The summed E-state index contributed by atoms with van der Waals surface area (Å²) >= 11 is 1.49. The second-order valence-electron chi connectivity index (χ2n) is 5.80. The van der Waals surface area contributed by atoms with Crippen LogP contribution >= 0.6 is 11.3 Å². The van der Waals surface area contributed by atoms with Crippen LogP contribution < -0.4 is 10.6 Å². The van der Waals surface area contributed by atoms with Crippen LogP contribution in [0.4, 0.5) is 5.00 Å². The predicted molar refractivity (Wildman–Crippen MR) is 72.7 cm³/mol. The molecule has 18 heavy (non-hydrogen) atoms. The van der Waals surface area contributed by atoms with Gasteiger partial charge in [-0.1, -0.05) is 0 Å². The molecule has 0 saturated carbocycles. The topological polar surface area (TPSA) is 64.9 Å². The average molecular weight is 263 g/mol. The van der Waals surface area contributed by atoms with Crippen LogP contribution in [0.5, 0.6) is 0 Å². The highest BCUT2D eigenvalue weighted by Gasteiger charge is 2.40. The van der Waals surface area contributed by atoms with Crippen LogP contribution in [0, 0.1) is 11.3 Å². The molecular formula is C13H17N3OS. The normalized spacial score (nSPS) is 19.7. The van der Waals surface area contributed by atoms with E-state index in [-0.39, 0.29) is 11.1 Å². The average Bonchev–Trinajstić information content (AvgIpc) is 2.54. The molecule has 0 aromatic carbocycles. The number of carbonyl (C=O) groups excluding carboxylic acids is 1. The fourth-order valence-electron chi connectivity index (χ4n) is 2.80. The van der Waals surface area contributed by atoms with Gasteiger partial charge in [0.05, 0.1) is 5.56 Å². The number of rotatable bonds is 2. The van der Waals surface area contributed by atoms with Crippen molar-refractivity contribution in [2.45, 2.75) is 45.2 Å². The highest BCUT2D eigenvalue weighted by molar-refractivity contribution is 7.16. The van der Waals surface area contributed by atoms with Gasteiger partial charge in [0.25, 0.3) is 0 Å². The minimum absolute atomic E-state index is 0.0539. The minimum Gasteiger partial charge on any atom is -0.319 e. The predicted octanol–water partition coefficient (Wildman–Crippen LogP) is 2.35. The van der Waals surface area contributed by atoms with Gasteiger partial charge in [0.2, 0.25) is 6.41 Å². The minimum atomic E-state index is -0.184. The molecule has 1 aliphatic rings. The Morgan fingerprint density at radius 2 is 2.11 bits per heavy atom.